The summed E-state index contributed by atoms with van der Waals surface area (Å²) >= 11 is 5.86. The summed E-state index contributed by atoms with van der Waals surface area (Å²) in [5.41, 5.74) is 2.33. The van der Waals surface area contributed by atoms with Gasteiger partial charge in [-0.15, -0.1) is 0 Å². The number of aromatic nitrogens is 3. The van der Waals surface area contributed by atoms with E-state index >= 15 is 0 Å². The van der Waals surface area contributed by atoms with Gasteiger partial charge in [-0.1, -0.05) is 23.7 Å². The van der Waals surface area contributed by atoms with Crippen molar-refractivity contribution in [2.75, 3.05) is 13.1 Å². The van der Waals surface area contributed by atoms with E-state index in [1.165, 1.54) is 6.07 Å². The van der Waals surface area contributed by atoms with E-state index in [-0.39, 0.29) is 17.5 Å². The Morgan fingerprint density at radius 3 is 2.88 bits per heavy atom. The number of rotatable bonds is 3. The van der Waals surface area contributed by atoms with Gasteiger partial charge in [0.2, 0.25) is 5.91 Å². The van der Waals surface area contributed by atoms with Gasteiger partial charge in [0.15, 0.2) is 0 Å². The fourth-order valence-electron chi connectivity index (χ4n) is 2.75. The second kappa shape index (κ2) is 5.87. The second-order valence-corrected chi connectivity index (χ2v) is 6.17. The van der Waals surface area contributed by atoms with Crippen LogP contribution in [0.5, 0.6) is 0 Å². The fourth-order valence-corrected chi connectivity index (χ4v) is 2.92. The number of pyridine rings is 1. The molecule has 3 heterocycles. The molecule has 1 fully saturated rings. The summed E-state index contributed by atoms with van der Waals surface area (Å²) in [6.07, 6.45) is 4.24. The average molecular weight is 345 g/mol. The van der Waals surface area contributed by atoms with Crippen molar-refractivity contribution >= 4 is 28.5 Å². The second-order valence-electron chi connectivity index (χ2n) is 5.77. The third-order valence-electron chi connectivity index (χ3n) is 4.25. The zero-order valence-electron chi connectivity index (χ0n) is 12.7. The first-order valence-corrected chi connectivity index (χ1v) is 8.05. The molecule has 2 aromatic heterocycles. The molecular weight excluding hydrogens is 331 g/mol. The van der Waals surface area contributed by atoms with E-state index in [9.17, 15) is 9.18 Å². The summed E-state index contributed by atoms with van der Waals surface area (Å²) in [4.78, 5) is 18.3. The number of hydrogen-bond acceptors (Lipinski definition) is 3. The number of hydrogen-bond donors (Lipinski definition) is 0. The third-order valence-corrected chi connectivity index (χ3v) is 4.54. The lowest BCUT2D eigenvalue weighted by Crippen LogP contribution is -2.43. The van der Waals surface area contributed by atoms with Gasteiger partial charge in [-0.25, -0.2) is 4.39 Å². The Labute approximate surface area is 142 Å². The maximum Gasteiger partial charge on any atom is 0.244 e. The summed E-state index contributed by atoms with van der Waals surface area (Å²) in [5.74, 6) is -0.450. The normalized spacial score (nSPS) is 14.0. The molecular formula is C17H14ClFN4O. The number of halogens is 2. The van der Waals surface area contributed by atoms with Crippen LogP contribution in [-0.2, 0) is 11.3 Å². The van der Waals surface area contributed by atoms with Crippen molar-refractivity contribution in [3.8, 4) is 11.1 Å². The van der Waals surface area contributed by atoms with E-state index in [1.807, 2.05) is 0 Å². The van der Waals surface area contributed by atoms with Crippen LogP contribution in [0.3, 0.4) is 0 Å². The predicted octanol–water partition coefficient (Wildman–Crippen LogP) is 3.12. The Hall–Kier alpha value is -2.47. The number of fused-ring (bicyclic) bond motifs is 1. The lowest BCUT2D eigenvalue weighted by Gasteiger charge is -2.30. The van der Waals surface area contributed by atoms with Gasteiger partial charge in [0.25, 0.3) is 0 Å². The highest BCUT2D eigenvalue weighted by Gasteiger charge is 2.21. The van der Waals surface area contributed by atoms with Crippen LogP contribution in [-0.4, -0.2) is 38.7 Å². The van der Waals surface area contributed by atoms with Crippen molar-refractivity contribution in [3.05, 3.63) is 47.5 Å². The topological polar surface area (TPSA) is 51.0 Å². The Morgan fingerprint density at radius 2 is 2.12 bits per heavy atom. The van der Waals surface area contributed by atoms with Crippen LogP contribution in [0, 0.1) is 5.82 Å². The van der Waals surface area contributed by atoms with E-state index in [0.717, 1.165) is 19.5 Å². The minimum absolute atomic E-state index is 0.0330. The van der Waals surface area contributed by atoms with E-state index in [1.54, 1.807) is 40.2 Å². The van der Waals surface area contributed by atoms with Crippen LogP contribution in [0.2, 0.25) is 5.02 Å². The SMILES string of the molecule is O=C(Cn1ncc2ncc(-c3cccc(Cl)c3F)cc21)N1CCC1. The highest BCUT2D eigenvalue weighted by molar-refractivity contribution is 6.31. The van der Waals surface area contributed by atoms with Crippen LogP contribution in [0.25, 0.3) is 22.2 Å². The van der Waals surface area contributed by atoms with Crippen molar-refractivity contribution in [1.29, 1.82) is 0 Å². The van der Waals surface area contributed by atoms with Gasteiger partial charge in [-0.3, -0.25) is 14.5 Å². The van der Waals surface area contributed by atoms with Gasteiger partial charge >= 0.3 is 0 Å². The van der Waals surface area contributed by atoms with E-state index in [0.29, 0.717) is 22.2 Å². The van der Waals surface area contributed by atoms with Gasteiger partial charge < -0.3 is 4.90 Å². The highest BCUT2D eigenvalue weighted by Crippen LogP contribution is 2.29. The summed E-state index contributed by atoms with van der Waals surface area (Å²) in [6, 6.07) is 6.63. The largest absolute Gasteiger partial charge is 0.341 e. The molecule has 0 aliphatic carbocycles. The summed E-state index contributed by atoms with van der Waals surface area (Å²) < 4.78 is 15.8. The Morgan fingerprint density at radius 1 is 1.29 bits per heavy atom. The molecule has 0 spiro atoms. The maximum absolute atomic E-state index is 14.2. The van der Waals surface area contributed by atoms with Gasteiger partial charge in [0, 0.05) is 30.4 Å². The van der Waals surface area contributed by atoms with Gasteiger partial charge in [-0.05, 0) is 18.6 Å². The molecule has 4 rings (SSSR count). The summed E-state index contributed by atoms with van der Waals surface area (Å²) in [5, 5.41) is 4.30. The first-order chi connectivity index (χ1) is 11.6. The first-order valence-electron chi connectivity index (χ1n) is 7.67. The molecule has 0 unspecified atom stereocenters. The van der Waals surface area contributed by atoms with E-state index in [4.69, 9.17) is 11.6 Å². The molecule has 0 atom stereocenters. The molecule has 1 aliphatic heterocycles. The molecule has 0 radical (unpaired) electrons. The number of likely N-dealkylation sites (tertiary alicyclic amines) is 1. The lowest BCUT2D eigenvalue weighted by atomic mass is 10.1. The maximum atomic E-state index is 14.2. The third kappa shape index (κ3) is 2.53. The zero-order chi connectivity index (χ0) is 16.7. The van der Waals surface area contributed by atoms with E-state index < -0.39 is 5.82 Å². The number of nitrogens with zero attached hydrogens (tertiary/aromatic N) is 4. The standard InChI is InChI=1S/C17H14ClFN4O/c18-13-4-1-3-12(17(13)19)11-7-15-14(20-8-11)9-21-23(15)10-16(24)22-5-2-6-22/h1,3-4,7-9H,2,5-6,10H2. The molecule has 0 N–H and O–H groups in total. The first kappa shape index (κ1) is 15.1. The van der Waals surface area contributed by atoms with Gasteiger partial charge in [0.05, 0.1) is 16.7 Å². The minimum atomic E-state index is -0.483. The molecule has 122 valence electrons. The average Bonchev–Trinajstić information content (AvgIpc) is 2.90. The molecule has 3 aromatic rings. The van der Waals surface area contributed by atoms with Gasteiger partial charge in [-0.2, -0.15) is 5.10 Å². The highest BCUT2D eigenvalue weighted by atomic mass is 35.5. The molecule has 1 aliphatic rings. The Bertz CT molecular complexity index is 935. The Balaban J connectivity index is 1.73. The fraction of sp³-hybridized carbons (Fsp3) is 0.235. The quantitative estimate of drug-likeness (QED) is 0.733. The molecule has 1 amide bonds. The molecule has 1 aromatic carbocycles. The van der Waals surface area contributed by atoms with Crippen LogP contribution >= 0.6 is 11.6 Å². The predicted molar refractivity (Wildman–Crippen MR) is 89.1 cm³/mol. The molecule has 1 saturated heterocycles. The van der Waals surface area contributed by atoms with Crippen molar-refractivity contribution in [3.63, 3.8) is 0 Å². The molecule has 0 bridgehead atoms. The molecule has 7 heteroatoms. The molecule has 0 saturated carbocycles. The minimum Gasteiger partial charge on any atom is -0.341 e. The number of amides is 1. The van der Waals surface area contributed by atoms with E-state index in [2.05, 4.69) is 10.1 Å². The van der Waals surface area contributed by atoms with Crippen molar-refractivity contribution in [1.82, 2.24) is 19.7 Å². The molecule has 24 heavy (non-hydrogen) atoms. The summed E-state index contributed by atoms with van der Waals surface area (Å²) in [6.45, 7) is 1.76. The van der Waals surface area contributed by atoms with Crippen molar-refractivity contribution in [2.24, 2.45) is 0 Å². The van der Waals surface area contributed by atoms with Crippen molar-refractivity contribution in [2.45, 2.75) is 13.0 Å². The number of benzene rings is 1. The smallest absolute Gasteiger partial charge is 0.244 e. The lowest BCUT2D eigenvalue weighted by molar-refractivity contribution is -0.135. The molecule has 5 nitrogen and oxygen atoms in total. The zero-order valence-corrected chi connectivity index (χ0v) is 13.5. The van der Waals surface area contributed by atoms with Gasteiger partial charge in [0.1, 0.15) is 17.9 Å². The number of carbonyl (C=O) groups excluding carboxylic acids is 1. The monoisotopic (exact) mass is 344 g/mol. The summed E-state index contributed by atoms with van der Waals surface area (Å²) in [7, 11) is 0. The van der Waals surface area contributed by atoms with Crippen LogP contribution in [0.15, 0.2) is 36.7 Å². The van der Waals surface area contributed by atoms with Crippen LogP contribution < -0.4 is 0 Å². The van der Waals surface area contributed by atoms with Crippen molar-refractivity contribution < 1.29 is 9.18 Å². The Kier molecular flexibility index (Phi) is 3.69. The number of carbonyl (C=O) groups is 1. The van der Waals surface area contributed by atoms with Crippen LogP contribution in [0.4, 0.5) is 4.39 Å². The van der Waals surface area contributed by atoms with Crippen LogP contribution in [0.1, 0.15) is 6.42 Å².